The predicted octanol–water partition coefficient (Wildman–Crippen LogP) is 2.21. The molecule has 0 rings (SSSR count). The summed E-state index contributed by atoms with van der Waals surface area (Å²) in [6, 6.07) is 0.265. The molecule has 2 nitrogen and oxygen atoms in total. The molecule has 2 heteroatoms. The molecule has 0 amide bonds. The lowest BCUT2D eigenvalue weighted by molar-refractivity contribution is -0.104. The molecule has 1 unspecified atom stereocenters. The van der Waals surface area contributed by atoms with Gasteiger partial charge in [-0.25, -0.2) is 0 Å². The topological polar surface area (TPSA) is 43.1 Å². The number of hydrogen-bond donors (Lipinski definition) is 1. The zero-order valence-electron chi connectivity index (χ0n) is 8.28. The van der Waals surface area contributed by atoms with Crippen LogP contribution in [0, 0.1) is 0 Å². The summed E-state index contributed by atoms with van der Waals surface area (Å²) in [5.41, 5.74) is 5.83. The lowest BCUT2D eigenvalue weighted by atomic mass is 10.1. The molecule has 0 aliphatic carbocycles. The van der Waals surface area contributed by atoms with Crippen LogP contribution in [0.3, 0.4) is 0 Å². The van der Waals surface area contributed by atoms with Gasteiger partial charge in [-0.3, -0.25) is 4.79 Å². The Labute approximate surface area is 80.5 Å². The van der Waals surface area contributed by atoms with Gasteiger partial charge in [0.2, 0.25) is 0 Å². The van der Waals surface area contributed by atoms with Crippen molar-refractivity contribution in [2.75, 3.05) is 0 Å². The van der Waals surface area contributed by atoms with E-state index in [1.54, 1.807) is 0 Å². The van der Waals surface area contributed by atoms with Crippen molar-refractivity contribution in [2.45, 2.75) is 38.6 Å². The molecule has 0 radical (unpaired) electrons. The zero-order chi connectivity index (χ0) is 9.94. The van der Waals surface area contributed by atoms with Gasteiger partial charge in [0.25, 0.3) is 0 Å². The minimum atomic E-state index is 0.265. The molecule has 2 N–H and O–H groups in total. The van der Waals surface area contributed by atoms with E-state index in [0.29, 0.717) is 0 Å². The minimum absolute atomic E-state index is 0.265. The third-order valence-corrected chi connectivity index (χ3v) is 1.83. The van der Waals surface area contributed by atoms with Crippen LogP contribution in [-0.2, 0) is 4.79 Å². The van der Waals surface area contributed by atoms with Crippen molar-refractivity contribution in [1.82, 2.24) is 0 Å². The Kier molecular flexibility index (Phi) is 8.57. The quantitative estimate of drug-likeness (QED) is 0.283. The number of carbonyl (C=O) groups excluding carboxylic acids is 1. The Bertz CT molecular complexity index is 173. The van der Waals surface area contributed by atoms with Crippen molar-refractivity contribution in [2.24, 2.45) is 5.73 Å². The lowest BCUT2D eigenvalue weighted by Gasteiger charge is -2.06. The molecule has 0 fully saturated rings. The number of carbonyl (C=O) groups is 1. The van der Waals surface area contributed by atoms with Crippen LogP contribution in [0.15, 0.2) is 24.3 Å². The SMILES string of the molecule is C/C=C\CC(N)CCC/C=C/C=O. The first-order chi connectivity index (χ1) is 6.31. The van der Waals surface area contributed by atoms with E-state index in [1.807, 2.05) is 19.1 Å². The van der Waals surface area contributed by atoms with Gasteiger partial charge >= 0.3 is 0 Å². The van der Waals surface area contributed by atoms with Gasteiger partial charge in [-0.15, -0.1) is 0 Å². The number of rotatable bonds is 7. The van der Waals surface area contributed by atoms with Gasteiger partial charge < -0.3 is 5.73 Å². The molecule has 13 heavy (non-hydrogen) atoms. The maximum Gasteiger partial charge on any atom is 0.142 e. The summed E-state index contributed by atoms with van der Waals surface area (Å²) in [6.07, 6.45) is 12.3. The second-order valence-electron chi connectivity index (χ2n) is 3.06. The van der Waals surface area contributed by atoms with E-state index in [0.717, 1.165) is 32.0 Å². The first-order valence-corrected chi connectivity index (χ1v) is 4.78. The van der Waals surface area contributed by atoms with Gasteiger partial charge in [-0.2, -0.15) is 0 Å². The van der Waals surface area contributed by atoms with Gasteiger partial charge in [0, 0.05) is 6.04 Å². The highest BCUT2D eigenvalue weighted by atomic mass is 16.1. The van der Waals surface area contributed by atoms with Crippen LogP contribution in [-0.4, -0.2) is 12.3 Å². The summed E-state index contributed by atoms with van der Waals surface area (Å²) in [6.45, 7) is 2.00. The molecule has 0 saturated carbocycles. The van der Waals surface area contributed by atoms with Gasteiger partial charge in [-0.1, -0.05) is 18.2 Å². The average molecular weight is 181 g/mol. The Hall–Kier alpha value is -0.890. The highest BCUT2D eigenvalue weighted by Gasteiger charge is 1.97. The highest BCUT2D eigenvalue weighted by molar-refractivity contribution is 5.64. The number of unbranched alkanes of at least 4 members (excludes halogenated alkanes) is 1. The summed E-state index contributed by atoms with van der Waals surface area (Å²) in [4.78, 5) is 9.92. The monoisotopic (exact) mass is 181 g/mol. The summed E-state index contributed by atoms with van der Waals surface area (Å²) in [5.74, 6) is 0. The average Bonchev–Trinajstić information content (AvgIpc) is 2.14. The van der Waals surface area contributed by atoms with Crippen molar-refractivity contribution in [1.29, 1.82) is 0 Å². The second-order valence-corrected chi connectivity index (χ2v) is 3.06. The van der Waals surface area contributed by atoms with Crippen LogP contribution in [0.25, 0.3) is 0 Å². The maximum atomic E-state index is 9.92. The second kappa shape index (κ2) is 9.20. The van der Waals surface area contributed by atoms with Crippen LogP contribution < -0.4 is 5.73 Å². The summed E-state index contributed by atoms with van der Waals surface area (Å²) in [7, 11) is 0. The maximum absolute atomic E-state index is 9.92. The van der Waals surface area contributed by atoms with Crippen molar-refractivity contribution < 1.29 is 4.79 Å². The molecular formula is C11H19NO. The lowest BCUT2D eigenvalue weighted by Crippen LogP contribution is -2.18. The third-order valence-electron chi connectivity index (χ3n) is 1.83. The van der Waals surface area contributed by atoms with E-state index >= 15 is 0 Å². The molecule has 0 aromatic rings. The molecule has 74 valence electrons. The minimum Gasteiger partial charge on any atom is -0.327 e. The smallest absolute Gasteiger partial charge is 0.142 e. The number of aldehydes is 1. The molecule has 0 saturated heterocycles. The van der Waals surface area contributed by atoms with Gasteiger partial charge in [0.15, 0.2) is 0 Å². The molecule has 0 aliphatic rings. The normalized spacial score (nSPS) is 14.0. The molecular weight excluding hydrogens is 162 g/mol. The van der Waals surface area contributed by atoms with Crippen LogP contribution in [0.5, 0.6) is 0 Å². The number of allylic oxidation sites excluding steroid dienone is 3. The van der Waals surface area contributed by atoms with Crippen LogP contribution in [0.1, 0.15) is 32.6 Å². The van der Waals surface area contributed by atoms with E-state index in [1.165, 1.54) is 6.08 Å². The van der Waals surface area contributed by atoms with E-state index < -0.39 is 0 Å². The molecule has 0 aromatic heterocycles. The Balaban J connectivity index is 3.30. The van der Waals surface area contributed by atoms with Crippen molar-refractivity contribution >= 4 is 6.29 Å². The summed E-state index contributed by atoms with van der Waals surface area (Å²) in [5, 5.41) is 0. The highest BCUT2D eigenvalue weighted by Crippen LogP contribution is 2.03. The fourth-order valence-electron chi connectivity index (χ4n) is 1.08. The third kappa shape index (κ3) is 9.02. The van der Waals surface area contributed by atoms with Crippen molar-refractivity contribution in [3.63, 3.8) is 0 Å². The van der Waals surface area contributed by atoms with Crippen molar-refractivity contribution in [3.05, 3.63) is 24.3 Å². The number of hydrogen-bond acceptors (Lipinski definition) is 2. The molecule has 1 atom stereocenters. The Morgan fingerprint density at radius 2 is 2.15 bits per heavy atom. The van der Waals surface area contributed by atoms with Gasteiger partial charge in [0.1, 0.15) is 6.29 Å². The fourth-order valence-corrected chi connectivity index (χ4v) is 1.08. The molecule has 0 spiro atoms. The van der Waals surface area contributed by atoms with E-state index in [4.69, 9.17) is 5.73 Å². The summed E-state index contributed by atoms with van der Waals surface area (Å²) < 4.78 is 0. The van der Waals surface area contributed by atoms with E-state index in [2.05, 4.69) is 6.08 Å². The van der Waals surface area contributed by atoms with Gasteiger partial charge in [-0.05, 0) is 38.7 Å². The molecule has 0 bridgehead atoms. The van der Waals surface area contributed by atoms with E-state index in [-0.39, 0.29) is 6.04 Å². The van der Waals surface area contributed by atoms with Crippen molar-refractivity contribution in [3.8, 4) is 0 Å². The van der Waals surface area contributed by atoms with Crippen LogP contribution in [0.2, 0.25) is 0 Å². The Morgan fingerprint density at radius 3 is 2.77 bits per heavy atom. The number of nitrogens with two attached hydrogens (primary N) is 1. The Morgan fingerprint density at radius 1 is 1.38 bits per heavy atom. The largest absolute Gasteiger partial charge is 0.327 e. The summed E-state index contributed by atoms with van der Waals surface area (Å²) >= 11 is 0. The predicted molar refractivity (Wildman–Crippen MR) is 56.5 cm³/mol. The van der Waals surface area contributed by atoms with Crippen LogP contribution >= 0.6 is 0 Å². The molecule has 0 heterocycles. The zero-order valence-corrected chi connectivity index (χ0v) is 8.28. The first-order valence-electron chi connectivity index (χ1n) is 4.78. The van der Waals surface area contributed by atoms with Crippen LogP contribution in [0.4, 0.5) is 0 Å². The standard InChI is InChI=1S/C11H19NO/c1-2-3-8-11(12)9-6-4-5-7-10-13/h2-3,5,7,10-11H,4,6,8-9,12H2,1H3/b3-2-,7-5+. The van der Waals surface area contributed by atoms with E-state index in [9.17, 15) is 4.79 Å². The molecule has 0 aromatic carbocycles. The fraction of sp³-hybridized carbons (Fsp3) is 0.545. The molecule has 0 aliphatic heterocycles. The van der Waals surface area contributed by atoms with Gasteiger partial charge in [0.05, 0.1) is 0 Å². The first kappa shape index (κ1) is 12.1.